The summed E-state index contributed by atoms with van der Waals surface area (Å²) in [6, 6.07) is 8.39. The summed E-state index contributed by atoms with van der Waals surface area (Å²) in [6.07, 6.45) is 4.53. The second-order valence-electron chi connectivity index (χ2n) is 7.76. The van der Waals surface area contributed by atoms with Crippen LogP contribution in [0.2, 0.25) is 0 Å². The Morgan fingerprint density at radius 3 is 2.53 bits per heavy atom. The van der Waals surface area contributed by atoms with Crippen molar-refractivity contribution in [3.05, 3.63) is 36.0 Å². The van der Waals surface area contributed by atoms with E-state index >= 15 is 0 Å². The van der Waals surface area contributed by atoms with E-state index in [1.54, 1.807) is 6.92 Å². The van der Waals surface area contributed by atoms with Gasteiger partial charge in [-0.1, -0.05) is 0 Å². The van der Waals surface area contributed by atoms with Crippen LogP contribution >= 0.6 is 0 Å². The quantitative estimate of drug-likeness (QED) is 0.668. The third-order valence-electron chi connectivity index (χ3n) is 5.40. The Morgan fingerprint density at radius 1 is 1.10 bits per heavy atom. The normalized spacial score (nSPS) is 16.7. The highest BCUT2D eigenvalue weighted by atomic mass is 16.2. The van der Waals surface area contributed by atoms with Crippen LogP contribution in [0.3, 0.4) is 0 Å². The number of hydrogen-bond acceptors (Lipinski definition) is 7. The van der Waals surface area contributed by atoms with E-state index in [9.17, 15) is 9.59 Å². The van der Waals surface area contributed by atoms with Crippen LogP contribution in [0, 0.1) is 0 Å². The number of amides is 2. The number of carbonyl (C=O) groups excluding carboxylic acids is 2. The smallest absolute Gasteiger partial charge is 0.254 e. The number of primary amides is 1. The molecule has 2 aromatic rings. The molecule has 0 atom stereocenters. The Morgan fingerprint density at radius 2 is 1.87 bits per heavy atom. The van der Waals surface area contributed by atoms with Gasteiger partial charge in [0, 0.05) is 56.7 Å². The highest BCUT2D eigenvalue weighted by molar-refractivity contribution is 5.97. The molecule has 158 valence electrons. The molecule has 1 aliphatic heterocycles. The summed E-state index contributed by atoms with van der Waals surface area (Å²) >= 11 is 0. The van der Waals surface area contributed by atoms with Crippen LogP contribution < -0.4 is 21.3 Å². The van der Waals surface area contributed by atoms with Gasteiger partial charge in [0.05, 0.1) is 5.56 Å². The second kappa shape index (κ2) is 8.56. The molecule has 4 rings (SSSR count). The van der Waals surface area contributed by atoms with E-state index in [1.807, 2.05) is 29.2 Å². The van der Waals surface area contributed by atoms with Crippen molar-refractivity contribution >= 4 is 35.0 Å². The first kappa shape index (κ1) is 19.9. The number of rotatable bonds is 6. The molecule has 2 fully saturated rings. The third-order valence-corrected chi connectivity index (χ3v) is 5.40. The number of nitrogens with zero attached hydrogens (tertiary/aromatic N) is 4. The zero-order valence-corrected chi connectivity index (χ0v) is 17.1. The second-order valence-corrected chi connectivity index (χ2v) is 7.76. The van der Waals surface area contributed by atoms with Gasteiger partial charge in [0.1, 0.15) is 5.82 Å². The van der Waals surface area contributed by atoms with Crippen LogP contribution in [0.4, 0.5) is 23.1 Å². The highest BCUT2D eigenvalue weighted by Crippen LogP contribution is 2.27. The van der Waals surface area contributed by atoms with E-state index in [-0.39, 0.29) is 5.91 Å². The van der Waals surface area contributed by atoms with E-state index in [0.29, 0.717) is 23.4 Å². The predicted octanol–water partition coefficient (Wildman–Crippen LogP) is 1.95. The van der Waals surface area contributed by atoms with E-state index in [1.165, 1.54) is 6.20 Å². The zero-order chi connectivity index (χ0) is 21.1. The standard InChI is InChI=1S/C21H27N7O2/c1-14(29)27-9-2-10-28(12-11-27)17-7-5-16(6-8-17)25-21-23-13-18(19(22)30)20(26-21)24-15-3-4-15/h5-8,13,15H,2-4,9-12H2,1H3,(H2,22,30)(H2,23,24,25,26). The fraction of sp³-hybridized carbons (Fsp3) is 0.429. The molecular weight excluding hydrogens is 382 g/mol. The molecule has 0 unspecified atom stereocenters. The first-order chi connectivity index (χ1) is 14.5. The number of nitrogens with two attached hydrogens (primary N) is 1. The average Bonchev–Trinajstić information content (AvgIpc) is 3.55. The maximum Gasteiger partial charge on any atom is 0.254 e. The van der Waals surface area contributed by atoms with Crippen molar-refractivity contribution in [2.45, 2.75) is 32.2 Å². The van der Waals surface area contributed by atoms with Crippen LogP contribution in [-0.4, -0.2) is 58.9 Å². The topological polar surface area (TPSA) is 116 Å². The predicted molar refractivity (Wildman–Crippen MR) is 116 cm³/mol. The van der Waals surface area contributed by atoms with Gasteiger partial charge in [-0.2, -0.15) is 4.98 Å². The SMILES string of the molecule is CC(=O)N1CCCN(c2ccc(Nc3ncc(C(N)=O)c(NC4CC4)n3)cc2)CC1. The van der Waals surface area contributed by atoms with Crippen molar-refractivity contribution in [2.75, 3.05) is 41.7 Å². The lowest BCUT2D eigenvalue weighted by atomic mass is 10.2. The third kappa shape index (κ3) is 4.79. The van der Waals surface area contributed by atoms with Gasteiger partial charge in [-0.15, -0.1) is 0 Å². The van der Waals surface area contributed by atoms with Gasteiger partial charge in [-0.05, 0) is 43.5 Å². The number of benzene rings is 1. The molecule has 9 nitrogen and oxygen atoms in total. The lowest BCUT2D eigenvalue weighted by molar-refractivity contribution is -0.128. The Kier molecular flexibility index (Phi) is 5.69. The molecule has 1 aliphatic carbocycles. The summed E-state index contributed by atoms with van der Waals surface area (Å²) in [5.74, 6) is 0.464. The molecule has 0 spiro atoms. The summed E-state index contributed by atoms with van der Waals surface area (Å²) in [4.78, 5) is 36.1. The largest absolute Gasteiger partial charge is 0.370 e. The minimum Gasteiger partial charge on any atom is -0.370 e. The minimum atomic E-state index is -0.546. The van der Waals surface area contributed by atoms with Gasteiger partial charge in [0.25, 0.3) is 5.91 Å². The first-order valence-corrected chi connectivity index (χ1v) is 10.3. The number of carbonyl (C=O) groups is 2. The minimum absolute atomic E-state index is 0.134. The number of nitrogens with one attached hydrogen (secondary N) is 2. The molecular formula is C21H27N7O2. The van der Waals surface area contributed by atoms with Crippen molar-refractivity contribution in [1.82, 2.24) is 14.9 Å². The van der Waals surface area contributed by atoms with Crippen LogP contribution in [0.5, 0.6) is 0 Å². The Labute approximate surface area is 175 Å². The first-order valence-electron chi connectivity index (χ1n) is 10.3. The number of anilines is 4. The van der Waals surface area contributed by atoms with Crippen LogP contribution in [0.1, 0.15) is 36.5 Å². The summed E-state index contributed by atoms with van der Waals surface area (Å²) < 4.78 is 0. The zero-order valence-electron chi connectivity index (χ0n) is 17.1. The maximum atomic E-state index is 11.6. The van der Waals surface area contributed by atoms with Gasteiger partial charge in [0.2, 0.25) is 11.9 Å². The monoisotopic (exact) mass is 409 g/mol. The molecule has 0 bridgehead atoms. The maximum absolute atomic E-state index is 11.6. The fourth-order valence-corrected chi connectivity index (χ4v) is 3.53. The molecule has 1 saturated carbocycles. The van der Waals surface area contributed by atoms with Gasteiger partial charge in [-0.25, -0.2) is 4.98 Å². The Balaban J connectivity index is 1.43. The van der Waals surface area contributed by atoms with Crippen molar-refractivity contribution in [3.63, 3.8) is 0 Å². The molecule has 1 saturated heterocycles. The van der Waals surface area contributed by atoms with Crippen molar-refractivity contribution in [2.24, 2.45) is 5.73 Å². The molecule has 0 radical (unpaired) electrons. The molecule has 4 N–H and O–H groups in total. The molecule has 9 heteroatoms. The molecule has 2 aliphatic rings. The Hall–Kier alpha value is -3.36. The van der Waals surface area contributed by atoms with Gasteiger partial charge < -0.3 is 26.2 Å². The van der Waals surface area contributed by atoms with E-state index < -0.39 is 5.91 Å². The van der Waals surface area contributed by atoms with Gasteiger partial charge in [0.15, 0.2) is 0 Å². The molecule has 1 aromatic heterocycles. The number of hydrogen-bond donors (Lipinski definition) is 3. The molecule has 30 heavy (non-hydrogen) atoms. The summed E-state index contributed by atoms with van der Waals surface area (Å²) in [5.41, 5.74) is 7.69. The average molecular weight is 409 g/mol. The van der Waals surface area contributed by atoms with E-state index in [0.717, 1.165) is 56.8 Å². The van der Waals surface area contributed by atoms with Crippen molar-refractivity contribution in [3.8, 4) is 0 Å². The van der Waals surface area contributed by atoms with Gasteiger partial charge in [-0.3, -0.25) is 9.59 Å². The summed E-state index contributed by atoms with van der Waals surface area (Å²) in [7, 11) is 0. The fourth-order valence-electron chi connectivity index (χ4n) is 3.53. The lowest BCUT2D eigenvalue weighted by Crippen LogP contribution is -2.33. The van der Waals surface area contributed by atoms with Crippen molar-refractivity contribution in [1.29, 1.82) is 0 Å². The van der Waals surface area contributed by atoms with E-state index in [2.05, 4.69) is 25.5 Å². The summed E-state index contributed by atoms with van der Waals surface area (Å²) in [5, 5.41) is 6.42. The lowest BCUT2D eigenvalue weighted by Gasteiger charge is -2.23. The van der Waals surface area contributed by atoms with Crippen LogP contribution in [0.15, 0.2) is 30.5 Å². The molecule has 1 aromatic carbocycles. The number of aromatic nitrogens is 2. The Bertz CT molecular complexity index is 927. The van der Waals surface area contributed by atoms with E-state index in [4.69, 9.17) is 5.73 Å². The van der Waals surface area contributed by atoms with Crippen molar-refractivity contribution < 1.29 is 9.59 Å². The van der Waals surface area contributed by atoms with Crippen LogP contribution in [-0.2, 0) is 4.79 Å². The highest BCUT2D eigenvalue weighted by Gasteiger charge is 2.24. The van der Waals surface area contributed by atoms with Gasteiger partial charge >= 0.3 is 0 Å². The molecule has 2 heterocycles. The summed E-state index contributed by atoms with van der Waals surface area (Å²) in [6.45, 7) is 4.91. The van der Waals surface area contributed by atoms with Crippen LogP contribution in [0.25, 0.3) is 0 Å². The molecule has 2 amide bonds.